The lowest BCUT2D eigenvalue weighted by atomic mass is 9.84. The van der Waals surface area contributed by atoms with E-state index in [0.717, 1.165) is 6.54 Å². The van der Waals surface area contributed by atoms with E-state index in [1.807, 2.05) is 0 Å². The van der Waals surface area contributed by atoms with Crippen molar-refractivity contribution in [3.05, 3.63) is 54.6 Å². The van der Waals surface area contributed by atoms with Crippen molar-refractivity contribution in [3.8, 4) is 11.1 Å². The first kappa shape index (κ1) is 14.2. The molecule has 1 saturated carbocycles. The van der Waals surface area contributed by atoms with E-state index in [1.54, 1.807) is 0 Å². The fraction of sp³-hybridized carbons (Fsp3) is 0.368. The summed E-state index contributed by atoms with van der Waals surface area (Å²) in [6.07, 6.45) is 5.11. The molecule has 110 valence electrons. The molecular formula is C19H24N2. The lowest BCUT2D eigenvalue weighted by Gasteiger charge is -2.32. The summed E-state index contributed by atoms with van der Waals surface area (Å²) in [4.78, 5) is 0. The quantitative estimate of drug-likeness (QED) is 0.877. The van der Waals surface area contributed by atoms with Gasteiger partial charge in [0.05, 0.1) is 0 Å². The fourth-order valence-corrected chi connectivity index (χ4v) is 3.36. The van der Waals surface area contributed by atoms with Crippen LogP contribution in [0.15, 0.2) is 54.6 Å². The van der Waals surface area contributed by atoms with Crippen molar-refractivity contribution in [2.24, 2.45) is 11.7 Å². The summed E-state index contributed by atoms with van der Waals surface area (Å²) in [5, 5.41) is 3.77. The van der Waals surface area contributed by atoms with Gasteiger partial charge in [0.1, 0.15) is 0 Å². The number of hydrogen-bond donors (Lipinski definition) is 2. The fourth-order valence-electron chi connectivity index (χ4n) is 3.36. The highest BCUT2D eigenvalue weighted by Crippen LogP contribution is 2.32. The van der Waals surface area contributed by atoms with Gasteiger partial charge in [0.25, 0.3) is 0 Å². The van der Waals surface area contributed by atoms with E-state index in [-0.39, 0.29) is 0 Å². The smallest absolute Gasteiger partial charge is 0.0422 e. The molecule has 21 heavy (non-hydrogen) atoms. The van der Waals surface area contributed by atoms with Crippen molar-refractivity contribution in [2.75, 3.05) is 11.9 Å². The second-order valence-corrected chi connectivity index (χ2v) is 5.94. The molecule has 0 aromatic heterocycles. The molecule has 2 heteroatoms. The van der Waals surface area contributed by atoms with E-state index in [1.165, 1.54) is 42.5 Å². The van der Waals surface area contributed by atoms with Crippen LogP contribution in [-0.4, -0.2) is 12.6 Å². The molecule has 1 aliphatic rings. The molecule has 2 aromatic rings. The Kier molecular flexibility index (Phi) is 4.56. The van der Waals surface area contributed by atoms with E-state index in [4.69, 9.17) is 5.73 Å². The number of rotatable bonds is 4. The maximum atomic E-state index is 5.96. The molecule has 2 atom stereocenters. The van der Waals surface area contributed by atoms with Gasteiger partial charge in [0, 0.05) is 17.3 Å². The minimum absolute atomic E-state index is 0.508. The third kappa shape index (κ3) is 3.27. The van der Waals surface area contributed by atoms with Crippen LogP contribution in [0.3, 0.4) is 0 Å². The van der Waals surface area contributed by atoms with Crippen LogP contribution in [0.2, 0.25) is 0 Å². The molecule has 0 radical (unpaired) electrons. The minimum atomic E-state index is 0.508. The molecule has 0 spiro atoms. The normalized spacial score (nSPS) is 22.0. The monoisotopic (exact) mass is 280 g/mol. The largest absolute Gasteiger partial charge is 0.381 e. The molecule has 0 heterocycles. The molecule has 0 amide bonds. The average Bonchev–Trinajstić information content (AvgIpc) is 2.57. The molecule has 2 aromatic carbocycles. The van der Waals surface area contributed by atoms with Gasteiger partial charge in [0.15, 0.2) is 0 Å². The summed E-state index contributed by atoms with van der Waals surface area (Å²) in [5.41, 5.74) is 9.73. The Morgan fingerprint density at radius 2 is 1.62 bits per heavy atom. The van der Waals surface area contributed by atoms with Crippen LogP contribution in [0, 0.1) is 5.92 Å². The molecule has 0 bridgehead atoms. The molecule has 2 unspecified atom stereocenters. The highest BCUT2D eigenvalue weighted by atomic mass is 14.9. The standard InChI is InChI=1S/C19H24N2/c20-14-16-10-4-6-12-18(16)21-19-13-7-5-11-17(19)15-8-2-1-3-9-15/h1-3,5,7-9,11,13,16,18,21H,4,6,10,12,14,20H2. The van der Waals surface area contributed by atoms with E-state index in [2.05, 4.69) is 59.9 Å². The number of nitrogens with one attached hydrogen (secondary N) is 1. The van der Waals surface area contributed by atoms with E-state index < -0.39 is 0 Å². The number of para-hydroxylation sites is 1. The highest BCUT2D eigenvalue weighted by Gasteiger charge is 2.24. The first-order valence-electron chi connectivity index (χ1n) is 7.99. The van der Waals surface area contributed by atoms with Gasteiger partial charge in [-0.3, -0.25) is 0 Å². The van der Waals surface area contributed by atoms with Crippen molar-refractivity contribution >= 4 is 5.69 Å². The van der Waals surface area contributed by atoms with Gasteiger partial charge in [-0.25, -0.2) is 0 Å². The first-order chi connectivity index (χ1) is 10.4. The van der Waals surface area contributed by atoms with Gasteiger partial charge < -0.3 is 11.1 Å². The van der Waals surface area contributed by atoms with Gasteiger partial charge in [0.2, 0.25) is 0 Å². The van der Waals surface area contributed by atoms with Gasteiger partial charge in [-0.15, -0.1) is 0 Å². The van der Waals surface area contributed by atoms with Crippen LogP contribution in [0.5, 0.6) is 0 Å². The van der Waals surface area contributed by atoms with Crippen molar-refractivity contribution in [1.29, 1.82) is 0 Å². The molecule has 3 N–H and O–H groups in total. The second kappa shape index (κ2) is 6.77. The maximum absolute atomic E-state index is 5.96. The van der Waals surface area contributed by atoms with E-state index >= 15 is 0 Å². The summed E-state index contributed by atoms with van der Waals surface area (Å²) in [7, 11) is 0. The summed E-state index contributed by atoms with van der Waals surface area (Å²) in [6.45, 7) is 0.783. The number of hydrogen-bond acceptors (Lipinski definition) is 2. The van der Waals surface area contributed by atoms with Crippen LogP contribution in [0.4, 0.5) is 5.69 Å². The zero-order valence-electron chi connectivity index (χ0n) is 12.5. The topological polar surface area (TPSA) is 38.0 Å². The third-order valence-electron chi connectivity index (χ3n) is 4.56. The van der Waals surface area contributed by atoms with Crippen molar-refractivity contribution < 1.29 is 0 Å². The summed E-state index contributed by atoms with van der Waals surface area (Å²) in [5.74, 6) is 0.600. The lowest BCUT2D eigenvalue weighted by molar-refractivity contribution is 0.333. The summed E-state index contributed by atoms with van der Waals surface area (Å²) < 4.78 is 0. The number of benzene rings is 2. The van der Waals surface area contributed by atoms with Crippen LogP contribution in [-0.2, 0) is 0 Å². The molecular weight excluding hydrogens is 256 g/mol. The Balaban J connectivity index is 1.85. The Morgan fingerprint density at radius 1 is 0.905 bits per heavy atom. The first-order valence-corrected chi connectivity index (χ1v) is 7.99. The van der Waals surface area contributed by atoms with Crippen molar-refractivity contribution in [3.63, 3.8) is 0 Å². The molecule has 0 saturated heterocycles. The molecule has 1 fully saturated rings. The van der Waals surface area contributed by atoms with Crippen LogP contribution < -0.4 is 11.1 Å². The maximum Gasteiger partial charge on any atom is 0.0422 e. The van der Waals surface area contributed by atoms with Gasteiger partial charge in [-0.1, -0.05) is 61.4 Å². The van der Waals surface area contributed by atoms with Crippen molar-refractivity contribution in [2.45, 2.75) is 31.7 Å². The lowest BCUT2D eigenvalue weighted by Crippen LogP contribution is -2.36. The van der Waals surface area contributed by atoms with Gasteiger partial charge in [-0.05, 0) is 36.9 Å². The predicted octanol–water partition coefficient (Wildman–Crippen LogP) is 4.28. The highest BCUT2D eigenvalue weighted by molar-refractivity contribution is 5.77. The van der Waals surface area contributed by atoms with Crippen LogP contribution >= 0.6 is 0 Å². The Hall–Kier alpha value is -1.80. The SMILES string of the molecule is NCC1CCCCC1Nc1ccccc1-c1ccccc1. The van der Waals surface area contributed by atoms with Crippen molar-refractivity contribution in [1.82, 2.24) is 0 Å². The van der Waals surface area contributed by atoms with Crippen LogP contribution in [0.25, 0.3) is 11.1 Å². The minimum Gasteiger partial charge on any atom is -0.381 e. The molecule has 3 rings (SSSR count). The average molecular weight is 280 g/mol. The summed E-state index contributed by atoms with van der Waals surface area (Å²) >= 11 is 0. The Bertz CT molecular complexity index is 565. The van der Waals surface area contributed by atoms with Gasteiger partial charge >= 0.3 is 0 Å². The van der Waals surface area contributed by atoms with E-state index in [0.29, 0.717) is 12.0 Å². The Labute approximate surface area is 127 Å². The third-order valence-corrected chi connectivity index (χ3v) is 4.56. The predicted molar refractivity (Wildman–Crippen MR) is 90.3 cm³/mol. The molecule has 0 aliphatic heterocycles. The Morgan fingerprint density at radius 3 is 2.43 bits per heavy atom. The number of anilines is 1. The van der Waals surface area contributed by atoms with Gasteiger partial charge in [-0.2, -0.15) is 0 Å². The van der Waals surface area contributed by atoms with Crippen LogP contribution in [0.1, 0.15) is 25.7 Å². The zero-order valence-corrected chi connectivity index (χ0v) is 12.5. The number of nitrogens with two attached hydrogens (primary N) is 1. The zero-order chi connectivity index (χ0) is 14.5. The molecule has 2 nitrogen and oxygen atoms in total. The second-order valence-electron chi connectivity index (χ2n) is 5.94. The summed E-state index contributed by atoms with van der Waals surface area (Å²) in [6, 6.07) is 19.7. The molecule has 1 aliphatic carbocycles. The van der Waals surface area contributed by atoms with E-state index in [9.17, 15) is 0 Å².